The average molecular weight is 406 g/mol. The first-order valence-corrected chi connectivity index (χ1v) is 10.4. The minimum Gasteiger partial charge on any atom is -0.376 e. The summed E-state index contributed by atoms with van der Waals surface area (Å²) >= 11 is 6.39. The van der Waals surface area contributed by atoms with Crippen LogP contribution in [0, 0.1) is 0 Å². The van der Waals surface area contributed by atoms with Crippen LogP contribution >= 0.6 is 11.6 Å². The second kappa shape index (κ2) is 10.5. The number of rotatable bonds is 8. The van der Waals surface area contributed by atoms with Gasteiger partial charge in [-0.25, -0.2) is 0 Å². The summed E-state index contributed by atoms with van der Waals surface area (Å²) in [4.78, 5) is 28.7. The number of carbonyl (C=O) groups excluding carboxylic acids is 2. The molecule has 2 amide bonds. The molecule has 1 N–H and O–H groups in total. The molecule has 2 rings (SSSR count). The Bertz CT molecular complexity index is 714. The van der Waals surface area contributed by atoms with Crippen LogP contribution in [-0.4, -0.2) is 54.3 Å². The lowest BCUT2D eigenvalue weighted by Gasteiger charge is -2.31. The predicted molar refractivity (Wildman–Crippen MR) is 116 cm³/mol. The molecule has 1 aromatic rings. The van der Waals surface area contributed by atoms with E-state index < -0.39 is 0 Å². The van der Waals surface area contributed by atoms with E-state index in [1.165, 1.54) is 19.3 Å². The van der Waals surface area contributed by atoms with Gasteiger partial charge < -0.3 is 15.1 Å². The van der Waals surface area contributed by atoms with Crippen molar-refractivity contribution in [3.8, 4) is 0 Å². The first-order chi connectivity index (χ1) is 13.3. The SMILES string of the molecule is C=C(C)CN(CC)C(=O)CNc1ccc(C(=O)N(C)C2CCCCC2)c(Cl)c1. The summed E-state index contributed by atoms with van der Waals surface area (Å²) < 4.78 is 0. The fourth-order valence-corrected chi connectivity index (χ4v) is 3.88. The Morgan fingerprint density at radius 2 is 1.93 bits per heavy atom. The van der Waals surface area contributed by atoms with Crippen molar-refractivity contribution in [2.45, 2.75) is 52.0 Å². The van der Waals surface area contributed by atoms with E-state index in [4.69, 9.17) is 11.6 Å². The van der Waals surface area contributed by atoms with E-state index in [1.807, 2.05) is 25.8 Å². The van der Waals surface area contributed by atoms with Crippen LogP contribution in [0.3, 0.4) is 0 Å². The Morgan fingerprint density at radius 1 is 1.25 bits per heavy atom. The molecule has 5 nitrogen and oxygen atoms in total. The van der Waals surface area contributed by atoms with Crippen molar-refractivity contribution in [3.63, 3.8) is 0 Å². The smallest absolute Gasteiger partial charge is 0.255 e. The van der Waals surface area contributed by atoms with Crippen molar-refractivity contribution >= 4 is 29.1 Å². The molecule has 0 radical (unpaired) electrons. The zero-order valence-corrected chi connectivity index (χ0v) is 18.0. The molecule has 0 spiro atoms. The standard InChI is InChI=1S/C22H32ClN3O2/c1-5-26(15-16(2)3)21(27)14-24-17-11-12-19(20(23)13-17)22(28)25(4)18-9-7-6-8-10-18/h11-13,18,24H,2,5-10,14-15H2,1,3-4H3. The molecule has 6 heteroatoms. The molecule has 0 saturated heterocycles. The molecule has 1 fully saturated rings. The molecular weight excluding hydrogens is 374 g/mol. The summed E-state index contributed by atoms with van der Waals surface area (Å²) in [5.41, 5.74) is 2.17. The molecule has 1 aliphatic carbocycles. The van der Waals surface area contributed by atoms with Crippen molar-refractivity contribution in [1.82, 2.24) is 9.80 Å². The van der Waals surface area contributed by atoms with E-state index in [9.17, 15) is 9.59 Å². The number of nitrogens with one attached hydrogen (secondary N) is 1. The van der Waals surface area contributed by atoms with Gasteiger partial charge in [-0.3, -0.25) is 9.59 Å². The topological polar surface area (TPSA) is 52.7 Å². The van der Waals surface area contributed by atoms with Crippen LogP contribution in [0.15, 0.2) is 30.4 Å². The highest BCUT2D eigenvalue weighted by molar-refractivity contribution is 6.34. The van der Waals surface area contributed by atoms with Gasteiger partial charge >= 0.3 is 0 Å². The van der Waals surface area contributed by atoms with E-state index >= 15 is 0 Å². The Balaban J connectivity index is 1.98. The van der Waals surface area contributed by atoms with Gasteiger partial charge in [0.1, 0.15) is 0 Å². The number of anilines is 1. The van der Waals surface area contributed by atoms with Crippen LogP contribution in [0.4, 0.5) is 5.69 Å². The molecule has 0 unspecified atom stereocenters. The van der Waals surface area contributed by atoms with E-state index in [0.29, 0.717) is 29.7 Å². The Labute approximate surface area is 173 Å². The summed E-state index contributed by atoms with van der Waals surface area (Å²) in [6.45, 7) is 9.07. The van der Waals surface area contributed by atoms with Gasteiger partial charge in [-0.05, 0) is 44.9 Å². The molecule has 154 valence electrons. The zero-order valence-electron chi connectivity index (χ0n) is 17.3. The van der Waals surface area contributed by atoms with Gasteiger partial charge in [0.05, 0.1) is 17.1 Å². The second-order valence-corrected chi connectivity index (χ2v) is 8.03. The molecule has 1 saturated carbocycles. The summed E-state index contributed by atoms with van der Waals surface area (Å²) in [5.74, 6) is -0.0445. The first-order valence-electron chi connectivity index (χ1n) is 10.1. The van der Waals surface area contributed by atoms with E-state index in [1.54, 1.807) is 23.1 Å². The van der Waals surface area contributed by atoms with Crippen LogP contribution in [-0.2, 0) is 4.79 Å². The first kappa shape index (κ1) is 22.3. The van der Waals surface area contributed by atoms with Gasteiger partial charge in [0.25, 0.3) is 5.91 Å². The fraction of sp³-hybridized carbons (Fsp3) is 0.545. The van der Waals surface area contributed by atoms with Crippen LogP contribution in [0.5, 0.6) is 0 Å². The quantitative estimate of drug-likeness (QED) is 0.644. The van der Waals surface area contributed by atoms with Crippen molar-refractivity contribution in [1.29, 1.82) is 0 Å². The maximum absolute atomic E-state index is 12.8. The van der Waals surface area contributed by atoms with Gasteiger partial charge in [0, 0.05) is 31.9 Å². The van der Waals surface area contributed by atoms with Crippen LogP contribution in [0.25, 0.3) is 0 Å². The third-order valence-corrected chi connectivity index (χ3v) is 5.59. The highest BCUT2D eigenvalue weighted by Gasteiger charge is 2.24. The molecule has 28 heavy (non-hydrogen) atoms. The molecule has 1 aliphatic rings. The van der Waals surface area contributed by atoms with Gasteiger partial charge in [0.15, 0.2) is 0 Å². The molecule has 0 aromatic heterocycles. The Morgan fingerprint density at radius 3 is 2.50 bits per heavy atom. The number of hydrogen-bond acceptors (Lipinski definition) is 3. The monoisotopic (exact) mass is 405 g/mol. The molecule has 1 aromatic carbocycles. The molecule has 0 heterocycles. The third kappa shape index (κ3) is 5.99. The number of halogens is 1. The van der Waals surface area contributed by atoms with Gasteiger partial charge in [-0.15, -0.1) is 0 Å². The van der Waals surface area contributed by atoms with E-state index in [-0.39, 0.29) is 18.4 Å². The summed E-state index contributed by atoms with van der Waals surface area (Å²) in [6.07, 6.45) is 5.71. The van der Waals surface area contributed by atoms with Crippen LogP contribution in [0.2, 0.25) is 5.02 Å². The molecule has 0 atom stereocenters. The highest BCUT2D eigenvalue weighted by Crippen LogP contribution is 2.26. The number of hydrogen-bond donors (Lipinski definition) is 1. The minimum absolute atomic E-state index is 0.00110. The van der Waals surface area contributed by atoms with Crippen molar-refractivity contribution in [3.05, 3.63) is 40.9 Å². The van der Waals surface area contributed by atoms with E-state index in [2.05, 4.69) is 11.9 Å². The normalized spacial score (nSPS) is 14.4. The number of amides is 2. The fourth-order valence-electron chi connectivity index (χ4n) is 3.61. The lowest BCUT2D eigenvalue weighted by molar-refractivity contribution is -0.128. The lowest BCUT2D eigenvalue weighted by Crippen LogP contribution is -2.38. The Kier molecular flexibility index (Phi) is 8.36. The van der Waals surface area contributed by atoms with E-state index in [0.717, 1.165) is 24.1 Å². The van der Waals surface area contributed by atoms with Crippen molar-refractivity contribution in [2.24, 2.45) is 0 Å². The summed E-state index contributed by atoms with van der Waals surface area (Å²) in [7, 11) is 1.86. The summed E-state index contributed by atoms with van der Waals surface area (Å²) in [5, 5.41) is 3.50. The number of benzene rings is 1. The molecular formula is C22H32ClN3O2. The molecule has 0 bridgehead atoms. The highest BCUT2D eigenvalue weighted by atomic mass is 35.5. The van der Waals surface area contributed by atoms with Crippen LogP contribution < -0.4 is 5.32 Å². The zero-order chi connectivity index (χ0) is 20.7. The van der Waals surface area contributed by atoms with Gasteiger partial charge in [-0.1, -0.05) is 43.0 Å². The Hall–Kier alpha value is -2.01. The number of carbonyl (C=O) groups is 2. The maximum atomic E-state index is 12.8. The van der Waals surface area contributed by atoms with Crippen molar-refractivity contribution < 1.29 is 9.59 Å². The van der Waals surface area contributed by atoms with Gasteiger partial charge in [-0.2, -0.15) is 0 Å². The largest absolute Gasteiger partial charge is 0.376 e. The average Bonchev–Trinajstić information content (AvgIpc) is 2.69. The van der Waals surface area contributed by atoms with Crippen LogP contribution in [0.1, 0.15) is 56.3 Å². The summed E-state index contributed by atoms with van der Waals surface area (Å²) in [6, 6.07) is 5.55. The lowest BCUT2D eigenvalue weighted by atomic mass is 9.94. The number of nitrogens with zero attached hydrogens (tertiary/aromatic N) is 2. The maximum Gasteiger partial charge on any atom is 0.255 e. The predicted octanol–water partition coefficient (Wildman–Crippen LogP) is 4.58. The third-order valence-electron chi connectivity index (χ3n) is 5.28. The minimum atomic E-state index is -0.0434. The van der Waals surface area contributed by atoms with Crippen molar-refractivity contribution in [2.75, 3.05) is 32.0 Å². The second-order valence-electron chi connectivity index (χ2n) is 7.62. The van der Waals surface area contributed by atoms with Gasteiger partial charge in [0.2, 0.25) is 5.91 Å². The molecule has 0 aliphatic heterocycles. The number of likely N-dealkylation sites (N-methyl/N-ethyl adjacent to an activating group) is 1.